The van der Waals surface area contributed by atoms with Gasteiger partial charge in [-0.15, -0.1) is 0 Å². The van der Waals surface area contributed by atoms with Crippen molar-refractivity contribution < 1.29 is 23.9 Å². The Hall–Kier alpha value is -1.63. The molecule has 0 aromatic heterocycles. The van der Waals surface area contributed by atoms with E-state index in [0.29, 0.717) is 19.5 Å². The van der Waals surface area contributed by atoms with Gasteiger partial charge in [0.15, 0.2) is 0 Å². The second-order valence-electron chi connectivity index (χ2n) is 3.87. The van der Waals surface area contributed by atoms with Gasteiger partial charge in [0.25, 0.3) is 0 Å². The third kappa shape index (κ3) is 3.99. The Kier molecular flexibility index (Phi) is 5.57. The fourth-order valence-electron chi connectivity index (χ4n) is 1.75. The van der Waals surface area contributed by atoms with Crippen molar-refractivity contribution in [1.82, 2.24) is 10.0 Å². The predicted octanol–water partition coefficient (Wildman–Crippen LogP) is -0.438. The Bertz CT molecular complexity index is 331. The van der Waals surface area contributed by atoms with Crippen LogP contribution >= 0.6 is 0 Å². The molecular weight excluding hydrogens is 240 g/mol. The number of carbonyl (C=O) groups excluding carboxylic acids is 3. The van der Waals surface area contributed by atoms with Gasteiger partial charge in [0, 0.05) is 26.1 Å². The van der Waals surface area contributed by atoms with Crippen molar-refractivity contribution in [1.29, 1.82) is 0 Å². The third-order valence-corrected chi connectivity index (χ3v) is 2.77. The molecule has 1 aliphatic rings. The first-order chi connectivity index (χ1) is 8.58. The highest BCUT2D eigenvalue weighted by atomic mass is 16.5. The zero-order valence-electron chi connectivity index (χ0n) is 10.7. The van der Waals surface area contributed by atoms with Gasteiger partial charge < -0.3 is 9.47 Å². The molecule has 0 spiro atoms. The van der Waals surface area contributed by atoms with E-state index in [4.69, 9.17) is 0 Å². The van der Waals surface area contributed by atoms with Gasteiger partial charge in [0.1, 0.15) is 0 Å². The van der Waals surface area contributed by atoms with Crippen molar-refractivity contribution in [3.63, 3.8) is 0 Å². The van der Waals surface area contributed by atoms with Crippen molar-refractivity contribution in [2.45, 2.75) is 19.3 Å². The summed E-state index contributed by atoms with van der Waals surface area (Å²) < 4.78 is 9.07. The highest BCUT2D eigenvalue weighted by molar-refractivity contribution is 5.78. The maximum Gasteiger partial charge on any atom is 0.307 e. The van der Waals surface area contributed by atoms with Gasteiger partial charge in [-0.1, -0.05) is 0 Å². The number of nitrogens with zero attached hydrogens (tertiary/aromatic N) is 2. The van der Waals surface area contributed by atoms with E-state index < -0.39 is 0 Å². The molecular formula is C11H18N2O5. The molecule has 0 atom stereocenters. The molecule has 0 aromatic rings. The van der Waals surface area contributed by atoms with E-state index in [1.807, 2.05) is 0 Å². The van der Waals surface area contributed by atoms with Crippen LogP contribution in [0.2, 0.25) is 0 Å². The molecule has 1 amide bonds. The van der Waals surface area contributed by atoms with E-state index in [9.17, 15) is 14.4 Å². The molecule has 7 nitrogen and oxygen atoms in total. The molecule has 0 N–H and O–H groups in total. The van der Waals surface area contributed by atoms with Crippen molar-refractivity contribution in [2.75, 3.05) is 33.9 Å². The van der Waals surface area contributed by atoms with E-state index in [-0.39, 0.29) is 37.2 Å². The molecule has 0 aliphatic carbocycles. The molecule has 1 saturated heterocycles. The maximum atomic E-state index is 11.6. The third-order valence-electron chi connectivity index (χ3n) is 2.77. The van der Waals surface area contributed by atoms with E-state index in [2.05, 4.69) is 9.47 Å². The van der Waals surface area contributed by atoms with E-state index in [0.717, 1.165) is 0 Å². The monoisotopic (exact) mass is 258 g/mol. The first kappa shape index (κ1) is 14.4. The molecule has 0 saturated carbocycles. The van der Waals surface area contributed by atoms with Gasteiger partial charge in [0.2, 0.25) is 5.91 Å². The van der Waals surface area contributed by atoms with Crippen LogP contribution in [0.5, 0.6) is 0 Å². The first-order valence-corrected chi connectivity index (χ1v) is 5.77. The minimum Gasteiger partial charge on any atom is -0.469 e. The molecule has 102 valence electrons. The highest BCUT2D eigenvalue weighted by Crippen LogP contribution is 2.13. The summed E-state index contributed by atoms with van der Waals surface area (Å²) in [7, 11) is 2.63. The summed E-state index contributed by atoms with van der Waals surface area (Å²) in [6, 6.07) is 0. The second-order valence-corrected chi connectivity index (χ2v) is 3.87. The molecule has 1 aliphatic heterocycles. The summed E-state index contributed by atoms with van der Waals surface area (Å²) in [6.45, 7) is 1.27. The van der Waals surface area contributed by atoms with Crippen molar-refractivity contribution in [2.24, 2.45) is 0 Å². The number of hydrazine groups is 1. The summed E-state index contributed by atoms with van der Waals surface area (Å²) >= 11 is 0. The molecule has 0 radical (unpaired) electrons. The first-order valence-electron chi connectivity index (χ1n) is 5.77. The van der Waals surface area contributed by atoms with Crippen LogP contribution in [0.15, 0.2) is 0 Å². The fraction of sp³-hybridized carbons (Fsp3) is 0.727. The van der Waals surface area contributed by atoms with Crippen molar-refractivity contribution >= 4 is 17.8 Å². The van der Waals surface area contributed by atoms with Crippen LogP contribution in [0.1, 0.15) is 19.3 Å². The summed E-state index contributed by atoms with van der Waals surface area (Å²) in [5, 5.41) is 3.27. The number of methoxy groups -OCH3 is 2. The molecule has 1 rings (SSSR count). The van der Waals surface area contributed by atoms with Gasteiger partial charge >= 0.3 is 11.9 Å². The smallest absolute Gasteiger partial charge is 0.307 e. The lowest BCUT2D eigenvalue weighted by atomic mass is 10.4. The molecule has 0 unspecified atom stereocenters. The summed E-state index contributed by atoms with van der Waals surface area (Å²) in [4.78, 5) is 33.7. The topological polar surface area (TPSA) is 76.2 Å². The Labute approximate surface area is 106 Å². The number of hydrogen-bond donors (Lipinski definition) is 0. The average molecular weight is 258 g/mol. The van der Waals surface area contributed by atoms with Crippen LogP contribution < -0.4 is 0 Å². The predicted molar refractivity (Wildman–Crippen MR) is 61.2 cm³/mol. The van der Waals surface area contributed by atoms with Crippen molar-refractivity contribution in [3.8, 4) is 0 Å². The summed E-state index contributed by atoms with van der Waals surface area (Å²) in [5.74, 6) is -0.714. The zero-order chi connectivity index (χ0) is 13.5. The van der Waals surface area contributed by atoms with Crippen LogP contribution in [-0.4, -0.2) is 61.7 Å². The largest absolute Gasteiger partial charge is 0.469 e. The van der Waals surface area contributed by atoms with Crippen LogP contribution in [-0.2, 0) is 23.9 Å². The van der Waals surface area contributed by atoms with Crippen LogP contribution in [0.25, 0.3) is 0 Å². The highest BCUT2D eigenvalue weighted by Gasteiger charge is 2.29. The number of amides is 1. The van der Waals surface area contributed by atoms with Gasteiger partial charge in [-0.05, 0) is 0 Å². The number of hydrogen-bond acceptors (Lipinski definition) is 6. The second kappa shape index (κ2) is 6.95. The standard InChI is InChI=1S/C11H18N2O5/c1-17-10(15)4-7-12-6-3-9(14)13(12)8-5-11(16)18-2/h3-8H2,1-2H3. The molecule has 0 aromatic carbocycles. The minimum absolute atomic E-state index is 0.0382. The van der Waals surface area contributed by atoms with E-state index >= 15 is 0 Å². The molecule has 1 heterocycles. The lowest BCUT2D eigenvalue weighted by molar-refractivity contribution is -0.148. The Morgan fingerprint density at radius 3 is 2.22 bits per heavy atom. The molecule has 18 heavy (non-hydrogen) atoms. The minimum atomic E-state index is -0.359. The van der Waals surface area contributed by atoms with E-state index in [1.54, 1.807) is 5.01 Å². The van der Waals surface area contributed by atoms with Crippen molar-refractivity contribution in [3.05, 3.63) is 0 Å². The molecule has 7 heteroatoms. The summed E-state index contributed by atoms with van der Waals surface area (Å²) in [5.41, 5.74) is 0. The maximum absolute atomic E-state index is 11.6. The average Bonchev–Trinajstić information content (AvgIpc) is 2.73. The Balaban J connectivity index is 2.43. The fourth-order valence-corrected chi connectivity index (χ4v) is 1.75. The number of ether oxygens (including phenoxy) is 2. The van der Waals surface area contributed by atoms with Crippen LogP contribution in [0.3, 0.4) is 0 Å². The quantitative estimate of drug-likeness (QED) is 0.601. The van der Waals surface area contributed by atoms with Gasteiger partial charge in [-0.25, -0.2) is 5.01 Å². The van der Waals surface area contributed by atoms with Gasteiger partial charge in [-0.2, -0.15) is 0 Å². The van der Waals surface area contributed by atoms with Gasteiger partial charge in [-0.3, -0.25) is 19.4 Å². The number of esters is 2. The lowest BCUT2D eigenvalue weighted by Gasteiger charge is -2.27. The Morgan fingerprint density at radius 2 is 1.67 bits per heavy atom. The van der Waals surface area contributed by atoms with E-state index in [1.165, 1.54) is 19.2 Å². The SMILES string of the molecule is COC(=O)CCN1CCC(=O)N1CCC(=O)OC. The van der Waals surface area contributed by atoms with Crippen LogP contribution in [0.4, 0.5) is 0 Å². The Morgan fingerprint density at radius 1 is 1.11 bits per heavy atom. The molecule has 0 bridgehead atoms. The normalized spacial score (nSPS) is 15.9. The number of carbonyl (C=O) groups is 3. The zero-order valence-corrected chi connectivity index (χ0v) is 10.7. The summed E-state index contributed by atoms with van der Waals surface area (Å²) in [6.07, 6.45) is 0.776. The van der Waals surface area contributed by atoms with Crippen LogP contribution in [0, 0.1) is 0 Å². The molecule has 1 fully saturated rings. The lowest BCUT2D eigenvalue weighted by Crippen LogP contribution is -2.41. The van der Waals surface area contributed by atoms with Gasteiger partial charge in [0.05, 0.1) is 27.1 Å². The number of rotatable bonds is 6.